The predicted molar refractivity (Wildman–Crippen MR) is 119 cm³/mol. The van der Waals surface area contributed by atoms with Gasteiger partial charge in [-0.15, -0.1) is 0 Å². The molecule has 1 aliphatic heterocycles. The third kappa shape index (κ3) is 5.01. The van der Waals surface area contributed by atoms with Crippen molar-refractivity contribution in [3.05, 3.63) is 74.4 Å². The summed E-state index contributed by atoms with van der Waals surface area (Å²) in [5, 5.41) is 4.97. The molecule has 1 aliphatic rings. The van der Waals surface area contributed by atoms with Gasteiger partial charge in [0, 0.05) is 47.9 Å². The van der Waals surface area contributed by atoms with Crippen molar-refractivity contribution in [3.8, 4) is 0 Å². The summed E-state index contributed by atoms with van der Waals surface area (Å²) in [5.41, 5.74) is 2.03. The van der Waals surface area contributed by atoms with Gasteiger partial charge in [0.1, 0.15) is 5.82 Å². The Kier molecular flexibility index (Phi) is 6.68. The molecule has 0 radical (unpaired) electrons. The molecule has 8 heteroatoms. The third-order valence-electron chi connectivity index (χ3n) is 5.62. The molecule has 1 fully saturated rings. The number of aromatic nitrogens is 2. The quantitative estimate of drug-likeness (QED) is 0.616. The maximum atomic E-state index is 13.6. The van der Waals surface area contributed by atoms with Gasteiger partial charge in [0.2, 0.25) is 0 Å². The number of piperidine rings is 1. The zero-order chi connectivity index (χ0) is 21.1. The molecule has 0 amide bonds. The van der Waals surface area contributed by atoms with E-state index in [9.17, 15) is 9.18 Å². The van der Waals surface area contributed by atoms with E-state index in [4.69, 9.17) is 23.2 Å². The maximum absolute atomic E-state index is 13.6. The summed E-state index contributed by atoms with van der Waals surface area (Å²) in [5.74, 6) is -0.437. The summed E-state index contributed by atoms with van der Waals surface area (Å²) in [6.07, 6.45) is 3.20. The van der Waals surface area contributed by atoms with Gasteiger partial charge < -0.3 is 14.8 Å². The standard InChI is InChI=1S/C22H23Cl2FN4O/c23-16-1-2-19(24)15(11-16)13-26-18-5-7-28(8-6-18)9-10-29-21-12-17(25)14-27-20(21)3-4-22(29)30/h1-4,11-12,14,18,26H,5-10,13H2. The maximum Gasteiger partial charge on any atom is 0.251 e. The molecular formula is C22H23Cl2FN4O. The van der Waals surface area contributed by atoms with Gasteiger partial charge in [-0.05, 0) is 55.8 Å². The van der Waals surface area contributed by atoms with E-state index in [1.807, 2.05) is 12.1 Å². The largest absolute Gasteiger partial charge is 0.310 e. The molecule has 158 valence electrons. The van der Waals surface area contributed by atoms with Crippen LogP contribution in [0.2, 0.25) is 10.0 Å². The minimum absolute atomic E-state index is 0.134. The third-order valence-corrected chi connectivity index (χ3v) is 6.22. The lowest BCUT2D eigenvalue weighted by atomic mass is 10.0. The smallest absolute Gasteiger partial charge is 0.251 e. The Hall–Kier alpha value is -1.99. The second-order valence-corrected chi connectivity index (χ2v) is 8.46. The molecular weight excluding hydrogens is 426 g/mol. The van der Waals surface area contributed by atoms with Crippen LogP contribution in [0.3, 0.4) is 0 Å². The Balaban J connectivity index is 1.31. The van der Waals surface area contributed by atoms with E-state index in [2.05, 4.69) is 15.2 Å². The number of pyridine rings is 2. The summed E-state index contributed by atoms with van der Waals surface area (Å²) in [6.45, 7) is 3.81. The van der Waals surface area contributed by atoms with Crippen LogP contribution in [0.1, 0.15) is 18.4 Å². The second kappa shape index (κ2) is 9.43. The highest BCUT2D eigenvalue weighted by Crippen LogP contribution is 2.21. The first-order valence-electron chi connectivity index (χ1n) is 10.0. The fourth-order valence-electron chi connectivity index (χ4n) is 3.91. The molecule has 1 N–H and O–H groups in total. The molecule has 0 aliphatic carbocycles. The molecule has 0 saturated carbocycles. The number of fused-ring (bicyclic) bond motifs is 1. The number of nitrogens with one attached hydrogen (secondary N) is 1. The fraction of sp³-hybridized carbons (Fsp3) is 0.364. The minimum atomic E-state index is -0.437. The second-order valence-electron chi connectivity index (χ2n) is 7.61. The fourth-order valence-corrected chi connectivity index (χ4v) is 4.29. The van der Waals surface area contributed by atoms with Gasteiger partial charge in [-0.3, -0.25) is 9.78 Å². The predicted octanol–water partition coefficient (Wildman–Crippen LogP) is 4.10. The number of nitrogens with zero attached hydrogens (tertiary/aromatic N) is 3. The van der Waals surface area contributed by atoms with Crippen LogP contribution in [0.4, 0.5) is 4.39 Å². The first kappa shape index (κ1) is 21.2. The van der Waals surface area contributed by atoms with Crippen molar-refractivity contribution in [1.29, 1.82) is 0 Å². The van der Waals surface area contributed by atoms with Crippen molar-refractivity contribution < 1.29 is 4.39 Å². The molecule has 3 heterocycles. The molecule has 0 atom stereocenters. The van der Waals surface area contributed by atoms with Crippen LogP contribution in [-0.2, 0) is 13.1 Å². The zero-order valence-corrected chi connectivity index (χ0v) is 18.0. The summed E-state index contributed by atoms with van der Waals surface area (Å²) in [4.78, 5) is 18.7. The molecule has 0 spiro atoms. The number of hydrogen-bond donors (Lipinski definition) is 1. The topological polar surface area (TPSA) is 50.2 Å². The summed E-state index contributed by atoms with van der Waals surface area (Å²) < 4.78 is 15.2. The van der Waals surface area contributed by atoms with Crippen LogP contribution < -0.4 is 10.9 Å². The van der Waals surface area contributed by atoms with E-state index in [0.717, 1.165) is 43.1 Å². The highest BCUT2D eigenvalue weighted by Gasteiger charge is 2.19. The van der Waals surface area contributed by atoms with E-state index in [0.29, 0.717) is 35.2 Å². The van der Waals surface area contributed by atoms with Crippen LogP contribution in [-0.4, -0.2) is 40.1 Å². The minimum Gasteiger partial charge on any atom is -0.310 e. The van der Waals surface area contributed by atoms with Crippen LogP contribution in [0.25, 0.3) is 11.0 Å². The van der Waals surface area contributed by atoms with Crippen molar-refractivity contribution in [1.82, 2.24) is 19.8 Å². The van der Waals surface area contributed by atoms with Crippen LogP contribution in [0.15, 0.2) is 47.4 Å². The summed E-state index contributed by atoms with van der Waals surface area (Å²) >= 11 is 12.3. The average molecular weight is 449 g/mol. The van der Waals surface area contributed by atoms with Crippen LogP contribution in [0, 0.1) is 5.82 Å². The lowest BCUT2D eigenvalue weighted by Crippen LogP contribution is -2.43. The number of rotatable bonds is 6. The Morgan fingerprint density at radius 3 is 2.70 bits per heavy atom. The highest BCUT2D eigenvalue weighted by atomic mass is 35.5. The summed E-state index contributed by atoms with van der Waals surface area (Å²) in [6, 6.07) is 10.4. The van der Waals surface area contributed by atoms with Crippen LogP contribution >= 0.6 is 23.2 Å². The van der Waals surface area contributed by atoms with Gasteiger partial charge in [0.05, 0.1) is 17.2 Å². The van der Waals surface area contributed by atoms with Gasteiger partial charge in [-0.25, -0.2) is 4.39 Å². The molecule has 30 heavy (non-hydrogen) atoms. The normalized spacial score (nSPS) is 15.7. The first-order valence-corrected chi connectivity index (χ1v) is 10.8. The van der Waals surface area contributed by atoms with E-state index in [1.165, 1.54) is 18.3 Å². The number of hydrogen-bond acceptors (Lipinski definition) is 4. The van der Waals surface area contributed by atoms with E-state index in [1.54, 1.807) is 16.7 Å². The van der Waals surface area contributed by atoms with Crippen molar-refractivity contribution >= 4 is 34.2 Å². The number of halogens is 3. The molecule has 5 nitrogen and oxygen atoms in total. The Morgan fingerprint density at radius 1 is 1.10 bits per heavy atom. The Labute approximate surface area is 184 Å². The number of likely N-dealkylation sites (tertiary alicyclic amines) is 1. The van der Waals surface area contributed by atoms with E-state index < -0.39 is 5.82 Å². The van der Waals surface area contributed by atoms with Crippen LogP contribution in [0.5, 0.6) is 0 Å². The molecule has 1 aromatic carbocycles. The number of benzene rings is 1. The molecule has 0 bridgehead atoms. The molecule has 0 unspecified atom stereocenters. The van der Waals surface area contributed by atoms with Gasteiger partial charge in [-0.2, -0.15) is 0 Å². The van der Waals surface area contributed by atoms with Crippen molar-refractivity contribution in [2.75, 3.05) is 19.6 Å². The van der Waals surface area contributed by atoms with E-state index >= 15 is 0 Å². The lowest BCUT2D eigenvalue weighted by molar-refractivity contribution is 0.191. The first-order chi connectivity index (χ1) is 14.5. The molecule has 3 aromatic rings. The monoisotopic (exact) mass is 448 g/mol. The Morgan fingerprint density at radius 2 is 1.90 bits per heavy atom. The Bertz CT molecular complexity index is 1100. The van der Waals surface area contributed by atoms with Gasteiger partial charge in [0.15, 0.2) is 0 Å². The van der Waals surface area contributed by atoms with E-state index in [-0.39, 0.29) is 5.56 Å². The SMILES string of the molecule is O=c1ccc2ncc(F)cc2n1CCN1CCC(NCc2cc(Cl)ccc2Cl)CC1. The van der Waals surface area contributed by atoms with Gasteiger partial charge >= 0.3 is 0 Å². The molecule has 2 aromatic heterocycles. The highest BCUT2D eigenvalue weighted by molar-refractivity contribution is 6.33. The lowest BCUT2D eigenvalue weighted by Gasteiger charge is -2.32. The van der Waals surface area contributed by atoms with Crippen molar-refractivity contribution in [2.45, 2.75) is 32.0 Å². The van der Waals surface area contributed by atoms with Gasteiger partial charge in [-0.1, -0.05) is 23.2 Å². The van der Waals surface area contributed by atoms with Crippen molar-refractivity contribution in [3.63, 3.8) is 0 Å². The zero-order valence-electron chi connectivity index (χ0n) is 16.5. The van der Waals surface area contributed by atoms with Crippen molar-refractivity contribution in [2.24, 2.45) is 0 Å². The average Bonchev–Trinajstić information content (AvgIpc) is 2.74. The molecule has 4 rings (SSSR count). The molecule has 1 saturated heterocycles. The summed E-state index contributed by atoms with van der Waals surface area (Å²) in [7, 11) is 0. The van der Waals surface area contributed by atoms with Gasteiger partial charge in [0.25, 0.3) is 5.56 Å².